The topological polar surface area (TPSA) is 49.8 Å². The lowest BCUT2D eigenvalue weighted by Crippen LogP contribution is -2.36. The highest BCUT2D eigenvalue weighted by Crippen LogP contribution is 2.23. The van der Waals surface area contributed by atoms with Crippen LogP contribution in [0, 0.1) is 11.3 Å². The van der Waals surface area contributed by atoms with Crippen LogP contribution < -0.4 is 0 Å². The summed E-state index contributed by atoms with van der Waals surface area (Å²) in [6.07, 6.45) is 4.13. The average molecular weight is 257 g/mol. The molecule has 4 nitrogen and oxygen atoms in total. The van der Waals surface area contributed by atoms with E-state index in [1.54, 1.807) is 21.0 Å². The van der Waals surface area contributed by atoms with Crippen molar-refractivity contribution < 1.29 is 14.6 Å². The normalized spacial score (nSPS) is 19.1. The Morgan fingerprint density at radius 2 is 2.00 bits per heavy atom. The van der Waals surface area contributed by atoms with Crippen LogP contribution in [0.25, 0.3) is 0 Å². The van der Waals surface area contributed by atoms with Gasteiger partial charge in [0.1, 0.15) is 0 Å². The second kappa shape index (κ2) is 7.10. The van der Waals surface area contributed by atoms with E-state index in [0.29, 0.717) is 5.92 Å². The molecule has 0 atom stereocenters. The standard InChI is InChI=1S/C14H27NO3/c1-14(2,13(16)17)7-4-8-15-9-5-12(6-10-15)11-18-3/h12H,4-11H2,1-3H3,(H,16,17). The van der Waals surface area contributed by atoms with Gasteiger partial charge in [0.15, 0.2) is 0 Å². The van der Waals surface area contributed by atoms with Gasteiger partial charge in [-0.15, -0.1) is 0 Å². The third-order valence-electron chi connectivity index (χ3n) is 3.96. The first-order valence-corrected chi connectivity index (χ1v) is 6.90. The number of hydrogen-bond acceptors (Lipinski definition) is 3. The van der Waals surface area contributed by atoms with Gasteiger partial charge in [0.05, 0.1) is 5.41 Å². The van der Waals surface area contributed by atoms with E-state index < -0.39 is 11.4 Å². The third-order valence-corrected chi connectivity index (χ3v) is 3.96. The summed E-state index contributed by atoms with van der Waals surface area (Å²) in [6.45, 7) is 7.76. The SMILES string of the molecule is COCC1CCN(CCCC(C)(C)C(=O)O)CC1. The lowest BCUT2D eigenvalue weighted by Gasteiger charge is -2.32. The number of carboxylic acid groups (broad SMARTS) is 1. The molecule has 1 saturated heterocycles. The molecule has 0 unspecified atom stereocenters. The van der Waals surface area contributed by atoms with Gasteiger partial charge >= 0.3 is 5.97 Å². The zero-order valence-electron chi connectivity index (χ0n) is 11.9. The largest absolute Gasteiger partial charge is 0.481 e. The first kappa shape index (κ1) is 15.4. The lowest BCUT2D eigenvalue weighted by atomic mass is 9.88. The molecule has 0 spiro atoms. The highest BCUT2D eigenvalue weighted by molar-refractivity contribution is 5.73. The minimum atomic E-state index is -0.693. The Hall–Kier alpha value is -0.610. The van der Waals surface area contributed by atoms with Gasteiger partial charge in [-0.3, -0.25) is 4.79 Å². The molecule has 0 aliphatic carbocycles. The second-order valence-corrected chi connectivity index (χ2v) is 6.03. The van der Waals surface area contributed by atoms with Crippen molar-refractivity contribution in [3.63, 3.8) is 0 Å². The highest BCUT2D eigenvalue weighted by atomic mass is 16.5. The molecule has 4 heteroatoms. The van der Waals surface area contributed by atoms with Crippen molar-refractivity contribution in [3.05, 3.63) is 0 Å². The molecule has 0 saturated carbocycles. The number of aliphatic carboxylic acids is 1. The summed E-state index contributed by atoms with van der Waals surface area (Å²) in [6, 6.07) is 0. The van der Waals surface area contributed by atoms with E-state index in [-0.39, 0.29) is 0 Å². The van der Waals surface area contributed by atoms with Crippen LogP contribution in [0.4, 0.5) is 0 Å². The minimum absolute atomic E-state index is 0.589. The number of likely N-dealkylation sites (tertiary alicyclic amines) is 1. The van der Waals surface area contributed by atoms with Crippen LogP contribution in [-0.2, 0) is 9.53 Å². The number of ether oxygens (including phenoxy) is 1. The Kier molecular flexibility index (Phi) is 6.09. The van der Waals surface area contributed by atoms with E-state index in [9.17, 15) is 4.79 Å². The van der Waals surface area contributed by atoms with Crippen LogP contribution in [0.3, 0.4) is 0 Å². The van der Waals surface area contributed by atoms with Gasteiger partial charge in [-0.05, 0) is 65.1 Å². The Labute approximate surface area is 110 Å². The molecule has 1 fully saturated rings. The Bertz CT molecular complexity index is 258. The predicted octanol–water partition coefficient (Wildman–Crippen LogP) is 2.24. The van der Waals surface area contributed by atoms with E-state index in [1.807, 2.05) is 0 Å². The number of carbonyl (C=O) groups is 1. The van der Waals surface area contributed by atoms with Crippen LogP contribution in [0.2, 0.25) is 0 Å². The van der Waals surface area contributed by atoms with Crippen molar-refractivity contribution in [2.24, 2.45) is 11.3 Å². The number of hydrogen-bond donors (Lipinski definition) is 1. The van der Waals surface area contributed by atoms with Crippen LogP contribution in [0.15, 0.2) is 0 Å². The zero-order chi connectivity index (χ0) is 13.6. The summed E-state index contributed by atoms with van der Waals surface area (Å²) >= 11 is 0. The van der Waals surface area contributed by atoms with Gasteiger partial charge in [-0.25, -0.2) is 0 Å². The molecule has 0 aromatic rings. The molecule has 0 aromatic carbocycles. The predicted molar refractivity (Wildman–Crippen MR) is 71.7 cm³/mol. The third kappa shape index (κ3) is 4.94. The van der Waals surface area contributed by atoms with E-state index in [0.717, 1.165) is 39.1 Å². The van der Waals surface area contributed by atoms with Crippen LogP contribution in [0.1, 0.15) is 39.5 Å². The van der Waals surface area contributed by atoms with Gasteiger partial charge in [0.2, 0.25) is 0 Å². The first-order valence-electron chi connectivity index (χ1n) is 6.90. The van der Waals surface area contributed by atoms with E-state index in [1.165, 1.54) is 12.8 Å². The maximum Gasteiger partial charge on any atom is 0.309 e. The summed E-state index contributed by atoms with van der Waals surface area (Å²) in [7, 11) is 1.76. The second-order valence-electron chi connectivity index (χ2n) is 6.03. The molecule has 0 radical (unpaired) electrons. The van der Waals surface area contributed by atoms with Crippen LogP contribution in [-0.4, -0.2) is 49.3 Å². The summed E-state index contributed by atoms with van der Waals surface area (Å²) in [4.78, 5) is 13.4. The molecule has 0 aromatic heterocycles. The maximum absolute atomic E-state index is 11.0. The maximum atomic E-state index is 11.0. The van der Waals surface area contributed by atoms with Crippen molar-refractivity contribution >= 4 is 5.97 Å². The number of methoxy groups -OCH3 is 1. The van der Waals surface area contributed by atoms with Crippen molar-refractivity contribution in [1.29, 1.82) is 0 Å². The lowest BCUT2D eigenvalue weighted by molar-refractivity contribution is -0.147. The molecule has 1 aliphatic heterocycles. The quantitative estimate of drug-likeness (QED) is 0.760. The van der Waals surface area contributed by atoms with Crippen molar-refractivity contribution in [1.82, 2.24) is 4.90 Å². The molecule has 1 N–H and O–H groups in total. The number of carboxylic acids is 1. The molecular weight excluding hydrogens is 230 g/mol. The fraction of sp³-hybridized carbons (Fsp3) is 0.929. The highest BCUT2D eigenvalue weighted by Gasteiger charge is 2.27. The fourth-order valence-electron chi connectivity index (χ4n) is 2.46. The van der Waals surface area contributed by atoms with Crippen molar-refractivity contribution in [2.75, 3.05) is 33.4 Å². The fourth-order valence-corrected chi connectivity index (χ4v) is 2.46. The van der Waals surface area contributed by atoms with Gasteiger partial charge in [0, 0.05) is 13.7 Å². The summed E-state index contributed by atoms with van der Waals surface area (Å²) in [5, 5.41) is 9.04. The monoisotopic (exact) mass is 257 g/mol. The summed E-state index contributed by atoms with van der Waals surface area (Å²) in [5.74, 6) is 0.0167. The molecular formula is C14H27NO3. The van der Waals surface area contributed by atoms with E-state index in [2.05, 4.69) is 4.90 Å². The molecule has 106 valence electrons. The first-order chi connectivity index (χ1) is 8.45. The van der Waals surface area contributed by atoms with E-state index >= 15 is 0 Å². The van der Waals surface area contributed by atoms with Crippen LogP contribution >= 0.6 is 0 Å². The molecule has 0 amide bonds. The Morgan fingerprint density at radius 3 is 2.50 bits per heavy atom. The van der Waals surface area contributed by atoms with E-state index in [4.69, 9.17) is 9.84 Å². The van der Waals surface area contributed by atoms with Gasteiger partial charge < -0.3 is 14.7 Å². The average Bonchev–Trinajstić information content (AvgIpc) is 2.31. The molecule has 1 heterocycles. The smallest absolute Gasteiger partial charge is 0.309 e. The number of piperidine rings is 1. The zero-order valence-corrected chi connectivity index (χ0v) is 11.9. The molecule has 1 aliphatic rings. The van der Waals surface area contributed by atoms with Crippen molar-refractivity contribution in [2.45, 2.75) is 39.5 Å². The summed E-state index contributed by atoms with van der Waals surface area (Å²) < 4.78 is 5.18. The number of rotatable bonds is 7. The summed E-state index contributed by atoms with van der Waals surface area (Å²) in [5.41, 5.74) is -0.589. The molecule has 1 rings (SSSR count). The van der Waals surface area contributed by atoms with Gasteiger partial charge in [-0.1, -0.05) is 0 Å². The molecule has 18 heavy (non-hydrogen) atoms. The minimum Gasteiger partial charge on any atom is -0.481 e. The Morgan fingerprint density at radius 1 is 1.39 bits per heavy atom. The molecule has 0 bridgehead atoms. The van der Waals surface area contributed by atoms with Crippen LogP contribution in [0.5, 0.6) is 0 Å². The van der Waals surface area contributed by atoms with Crippen molar-refractivity contribution in [3.8, 4) is 0 Å². The van der Waals surface area contributed by atoms with Gasteiger partial charge in [0.25, 0.3) is 0 Å². The van der Waals surface area contributed by atoms with Gasteiger partial charge in [-0.2, -0.15) is 0 Å². The number of nitrogens with zero attached hydrogens (tertiary/aromatic N) is 1. The Balaban J connectivity index is 2.16.